The lowest BCUT2D eigenvalue weighted by Gasteiger charge is -2.24. The van der Waals surface area contributed by atoms with E-state index < -0.39 is 0 Å². The molecule has 2 aromatic rings. The maximum absolute atomic E-state index is 12.6. The Labute approximate surface area is 158 Å². The molecular formula is C20H25N3O2S. The van der Waals surface area contributed by atoms with Crippen LogP contribution in [0.1, 0.15) is 35.5 Å². The molecule has 1 saturated heterocycles. The van der Waals surface area contributed by atoms with Crippen LogP contribution in [0.5, 0.6) is 0 Å². The third-order valence-electron chi connectivity index (χ3n) is 4.69. The summed E-state index contributed by atoms with van der Waals surface area (Å²) in [5.74, 6) is 0.0316. The molecule has 6 heteroatoms. The Hall–Kier alpha value is -2.21. The van der Waals surface area contributed by atoms with E-state index in [1.165, 1.54) is 0 Å². The van der Waals surface area contributed by atoms with Crippen molar-refractivity contribution >= 4 is 23.2 Å². The zero-order valence-corrected chi connectivity index (χ0v) is 15.9. The maximum atomic E-state index is 12.6. The molecule has 1 aromatic carbocycles. The third kappa shape index (κ3) is 4.91. The molecule has 1 atom stereocenters. The molecule has 1 N–H and O–H groups in total. The minimum absolute atomic E-state index is 0.0393. The largest absolute Gasteiger partial charge is 0.354 e. The van der Waals surface area contributed by atoms with E-state index in [1.807, 2.05) is 42.6 Å². The topological polar surface area (TPSA) is 62.3 Å². The first kappa shape index (κ1) is 18.6. The number of likely N-dealkylation sites (tertiary alicyclic amines) is 1. The number of aryl methyl sites for hydroxylation is 2. The number of hydrogen-bond acceptors (Lipinski definition) is 4. The van der Waals surface area contributed by atoms with Gasteiger partial charge in [0.25, 0.3) is 0 Å². The summed E-state index contributed by atoms with van der Waals surface area (Å²) in [4.78, 5) is 31.2. The van der Waals surface area contributed by atoms with Gasteiger partial charge in [0.15, 0.2) is 0 Å². The van der Waals surface area contributed by atoms with Crippen molar-refractivity contribution in [2.45, 2.75) is 45.1 Å². The number of carbonyl (C=O) groups is 2. The fourth-order valence-electron chi connectivity index (χ4n) is 3.33. The standard InChI is InChI=1S/C20H25N3O2S/c1-15-22-17(14-26-15)11-12-21-20(25)18-8-5-13-23(18)19(24)10-9-16-6-3-2-4-7-16/h2-4,6-7,14,18H,5,8-13H2,1H3,(H,21,25)/t18-/m1/s1. The second-order valence-electron chi connectivity index (χ2n) is 6.63. The molecule has 1 aliphatic rings. The molecule has 3 rings (SSSR count). The first-order chi connectivity index (χ1) is 12.6. The van der Waals surface area contributed by atoms with Gasteiger partial charge in [0.2, 0.25) is 11.8 Å². The molecule has 0 unspecified atom stereocenters. The number of amides is 2. The lowest BCUT2D eigenvalue weighted by molar-refractivity contribution is -0.138. The molecule has 26 heavy (non-hydrogen) atoms. The highest BCUT2D eigenvalue weighted by Crippen LogP contribution is 2.19. The van der Waals surface area contributed by atoms with Crippen molar-refractivity contribution < 1.29 is 9.59 Å². The number of thiazole rings is 1. The molecule has 5 nitrogen and oxygen atoms in total. The van der Waals surface area contributed by atoms with Gasteiger partial charge in [0.1, 0.15) is 6.04 Å². The number of rotatable bonds is 7. The van der Waals surface area contributed by atoms with E-state index in [0.717, 1.165) is 35.5 Å². The quantitative estimate of drug-likeness (QED) is 0.814. The summed E-state index contributed by atoms with van der Waals surface area (Å²) in [7, 11) is 0. The van der Waals surface area contributed by atoms with Gasteiger partial charge in [-0.2, -0.15) is 0 Å². The number of aromatic nitrogens is 1. The van der Waals surface area contributed by atoms with Crippen LogP contribution >= 0.6 is 11.3 Å². The van der Waals surface area contributed by atoms with E-state index in [9.17, 15) is 9.59 Å². The predicted molar refractivity (Wildman–Crippen MR) is 103 cm³/mol. The van der Waals surface area contributed by atoms with Gasteiger partial charge in [-0.3, -0.25) is 9.59 Å². The summed E-state index contributed by atoms with van der Waals surface area (Å²) in [6.45, 7) is 3.21. The fourth-order valence-corrected chi connectivity index (χ4v) is 3.98. The van der Waals surface area contributed by atoms with Crippen molar-refractivity contribution in [2.75, 3.05) is 13.1 Å². The van der Waals surface area contributed by atoms with Crippen molar-refractivity contribution in [3.8, 4) is 0 Å². The Bertz CT molecular complexity index is 745. The van der Waals surface area contributed by atoms with Gasteiger partial charge in [-0.1, -0.05) is 30.3 Å². The van der Waals surface area contributed by atoms with Crippen LogP contribution in [-0.2, 0) is 22.4 Å². The number of benzene rings is 1. The molecule has 1 aliphatic heterocycles. The average molecular weight is 372 g/mol. The summed E-state index contributed by atoms with van der Waals surface area (Å²) >= 11 is 1.62. The molecule has 0 saturated carbocycles. The summed E-state index contributed by atoms with van der Waals surface area (Å²) in [6, 6.07) is 9.67. The van der Waals surface area contributed by atoms with Crippen molar-refractivity contribution in [3.05, 3.63) is 52.0 Å². The summed E-state index contributed by atoms with van der Waals surface area (Å²) < 4.78 is 0. The number of nitrogens with zero attached hydrogens (tertiary/aromatic N) is 2. The zero-order valence-electron chi connectivity index (χ0n) is 15.1. The van der Waals surface area contributed by atoms with E-state index in [2.05, 4.69) is 10.3 Å². The normalized spacial score (nSPS) is 16.7. The van der Waals surface area contributed by atoms with Gasteiger partial charge in [-0.25, -0.2) is 4.98 Å². The monoisotopic (exact) mass is 371 g/mol. The molecule has 0 bridgehead atoms. The van der Waals surface area contributed by atoms with Crippen LogP contribution in [0.2, 0.25) is 0 Å². The zero-order chi connectivity index (χ0) is 18.4. The van der Waals surface area contributed by atoms with Crippen LogP contribution in [0.15, 0.2) is 35.7 Å². The van der Waals surface area contributed by atoms with Crippen LogP contribution in [0.3, 0.4) is 0 Å². The highest BCUT2D eigenvalue weighted by atomic mass is 32.1. The number of nitrogens with one attached hydrogen (secondary N) is 1. The van der Waals surface area contributed by atoms with Crippen molar-refractivity contribution in [1.82, 2.24) is 15.2 Å². The minimum Gasteiger partial charge on any atom is -0.354 e. The Morgan fingerprint density at radius 2 is 2.08 bits per heavy atom. The average Bonchev–Trinajstić information content (AvgIpc) is 3.29. The van der Waals surface area contributed by atoms with Crippen LogP contribution in [0, 0.1) is 6.92 Å². The molecule has 0 radical (unpaired) electrons. The van der Waals surface area contributed by atoms with Gasteiger partial charge < -0.3 is 10.2 Å². The van der Waals surface area contributed by atoms with Gasteiger partial charge in [-0.15, -0.1) is 11.3 Å². The van der Waals surface area contributed by atoms with E-state index in [-0.39, 0.29) is 17.9 Å². The summed E-state index contributed by atoms with van der Waals surface area (Å²) in [6.07, 6.45) is 3.53. The first-order valence-corrected chi connectivity index (χ1v) is 10.0. The maximum Gasteiger partial charge on any atom is 0.242 e. The Balaban J connectivity index is 1.47. The molecule has 2 amide bonds. The van der Waals surface area contributed by atoms with Crippen LogP contribution in [0.4, 0.5) is 0 Å². The molecular weight excluding hydrogens is 346 g/mol. The smallest absolute Gasteiger partial charge is 0.242 e. The second-order valence-corrected chi connectivity index (χ2v) is 7.69. The van der Waals surface area contributed by atoms with E-state index in [4.69, 9.17) is 0 Å². The van der Waals surface area contributed by atoms with Crippen molar-refractivity contribution in [1.29, 1.82) is 0 Å². The molecule has 1 fully saturated rings. The molecule has 1 aromatic heterocycles. The lowest BCUT2D eigenvalue weighted by Crippen LogP contribution is -2.46. The molecule has 2 heterocycles. The Morgan fingerprint density at radius 3 is 2.81 bits per heavy atom. The summed E-state index contributed by atoms with van der Waals surface area (Å²) in [5.41, 5.74) is 2.16. The van der Waals surface area contributed by atoms with E-state index in [0.29, 0.717) is 25.9 Å². The van der Waals surface area contributed by atoms with Gasteiger partial charge >= 0.3 is 0 Å². The van der Waals surface area contributed by atoms with Gasteiger partial charge in [-0.05, 0) is 31.7 Å². The SMILES string of the molecule is Cc1nc(CCNC(=O)[C@H]2CCCN2C(=O)CCc2ccccc2)cs1. The van der Waals surface area contributed by atoms with Crippen molar-refractivity contribution in [3.63, 3.8) is 0 Å². The van der Waals surface area contributed by atoms with Crippen molar-refractivity contribution in [2.24, 2.45) is 0 Å². The van der Waals surface area contributed by atoms with Crippen LogP contribution < -0.4 is 5.32 Å². The van der Waals surface area contributed by atoms with Gasteiger partial charge in [0, 0.05) is 31.3 Å². The van der Waals surface area contributed by atoms with E-state index in [1.54, 1.807) is 16.2 Å². The Morgan fingerprint density at radius 1 is 1.27 bits per heavy atom. The molecule has 138 valence electrons. The highest BCUT2D eigenvalue weighted by molar-refractivity contribution is 7.09. The molecule has 0 spiro atoms. The fraction of sp³-hybridized carbons (Fsp3) is 0.450. The first-order valence-electron chi connectivity index (χ1n) is 9.15. The predicted octanol–water partition coefficient (Wildman–Crippen LogP) is 2.73. The minimum atomic E-state index is -0.324. The van der Waals surface area contributed by atoms with Gasteiger partial charge in [0.05, 0.1) is 10.7 Å². The summed E-state index contributed by atoms with van der Waals surface area (Å²) in [5, 5.41) is 6.04. The third-order valence-corrected chi connectivity index (χ3v) is 5.52. The lowest BCUT2D eigenvalue weighted by atomic mass is 10.1. The van der Waals surface area contributed by atoms with E-state index >= 15 is 0 Å². The Kier molecular flexibility index (Phi) is 6.39. The number of hydrogen-bond donors (Lipinski definition) is 1. The van der Waals surface area contributed by atoms with Crippen LogP contribution in [-0.4, -0.2) is 40.8 Å². The number of carbonyl (C=O) groups excluding carboxylic acids is 2. The molecule has 0 aliphatic carbocycles. The second kappa shape index (κ2) is 8.94. The van der Waals surface area contributed by atoms with Crippen LogP contribution in [0.25, 0.3) is 0 Å². The highest BCUT2D eigenvalue weighted by Gasteiger charge is 2.33.